The molecule has 6 heteroatoms. The van der Waals surface area contributed by atoms with Crippen LogP contribution in [0.15, 0.2) is 16.6 Å². The Labute approximate surface area is 139 Å². The first-order chi connectivity index (χ1) is 9.95. The average Bonchev–Trinajstić information content (AvgIpc) is 2.61. The maximum absolute atomic E-state index is 14.5. The highest BCUT2D eigenvalue weighted by Gasteiger charge is 2.31. The number of hydrogen-bond donors (Lipinski definition) is 1. The Morgan fingerprint density at radius 1 is 1.38 bits per heavy atom. The largest absolute Gasteiger partial charge is 0.312 e. The van der Waals surface area contributed by atoms with Gasteiger partial charge in [-0.05, 0) is 62.6 Å². The summed E-state index contributed by atoms with van der Waals surface area (Å²) in [6.45, 7) is 2.98. The minimum Gasteiger partial charge on any atom is -0.312 e. The molecule has 118 valence electrons. The van der Waals surface area contributed by atoms with Crippen molar-refractivity contribution >= 4 is 27.5 Å². The van der Waals surface area contributed by atoms with Crippen molar-refractivity contribution in [1.82, 2.24) is 15.1 Å². The molecule has 1 saturated heterocycles. The van der Waals surface area contributed by atoms with Gasteiger partial charge in [0, 0.05) is 22.6 Å². The van der Waals surface area contributed by atoms with Gasteiger partial charge in [0.1, 0.15) is 5.82 Å². The maximum Gasteiger partial charge on any atom is 0.147 e. The molecule has 0 amide bonds. The van der Waals surface area contributed by atoms with Crippen molar-refractivity contribution in [2.75, 3.05) is 40.8 Å². The molecule has 21 heavy (non-hydrogen) atoms. The molecule has 0 saturated carbocycles. The molecule has 3 nitrogen and oxygen atoms in total. The Bertz CT molecular complexity index is 500. The van der Waals surface area contributed by atoms with Crippen LogP contribution in [-0.2, 0) is 0 Å². The van der Waals surface area contributed by atoms with Gasteiger partial charge in [-0.25, -0.2) is 4.39 Å². The maximum atomic E-state index is 14.5. The smallest absolute Gasteiger partial charge is 0.147 e. The number of likely N-dealkylation sites (N-methyl/N-ethyl adjacent to an activating group) is 3. The van der Waals surface area contributed by atoms with E-state index in [0.29, 0.717) is 10.0 Å². The van der Waals surface area contributed by atoms with Crippen LogP contribution in [0, 0.1) is 5.82 Å². The van der Waals surface area contributed by atoms with Crippen LogP contribution in [0.2, 0.25) is 5.02 Å². The molecule has 0 aromatic heterocycles. The summed E-state index contributed by atoms with van der Waals surface area (Å²) < 4.78 is 15.1. The van der Waals surface area contributed by atoms with E-state index < -0.39 is 0 Å². The van der Waals surface area contributed by atoms with E-state index in [0.717, 1.165) is 26.1 Å². The van der Waals surface area contributed by atoms with E-state index in [1.165, 1.54) is 0 Å². The second-order valence-electron chi connectivity index (χ2n) is 5.69. The predicted molar refractivity (Wildman–Crippen MR) is 89.4 cm³/mol. The molecule has 1 fully saturated rings. The zero-order valence-corrected chi connectivity index (χ0v) is 15.0. The van der Waals surface area contributed by atoms with Crippen LogP contribution in [0.3, 0.4) is 0 Å². The van der Waals surface area contributed by atoms with Gasteiger partial charge in [0.05, 0.1) is 11.1 Å². The molecule has 0 bridgehead atoms. The van der Waals surface area contributed by atoms with Crippen LogP contribution >= 0.6 is 27.5 Å². The van der Waals surface area contributed by atoms with E-state index in [2.05, 4.69) is 45.1 Å². The third kappa shape index (κ3) is 3.77. The molecular formula is C15H22BrClFN3. The SMILES string of the molecule is CNC(c1ccc(Br)c(Cl)c1F)C1CN(C)CCCN1C. The van der Waals surface area contributed by atoms with Crippen molar-refractivity contribution in [3.8, 4) is 0 Å². The number of nitrogens with zero attached hydrogens (tertiary/aromatic N) is 2. The fraction of sp³-hybridized carbons (Fsp3) is 0.600. The Kier molecular flexibility index (Phi) is 6.03. The van der Waals surface area contributed by atoms with Gasteiger partial charge in [0.2, 0.25) is 0 Å². The van der Waals surface area contributed by atoms with Crippen molar-refractivity contribution in [1.29, 1.82) is 0 Å². The van der Waals surface area contributed by atoms with Gasteiger partial charge < -0.3 is 15.1 Å². The molecule has 2 rings (SSSR count). The van der Waals surface area contributed by atoms with Crippen LogP contribution in [0.25, 0.3) is 0 Å². The van der Waals surface area contributed by atoms with Crippen molar-refractivity contribution in [3.05, 3.63) is 33.0 Å². The summed E-state index contributed by atoms with van der Waals surface area (Å²) in [6.07, 6.45) is 1.13. The quantitative estimate of drug-likeness (QED) is 0.815. The van der Waals surface area contributed by atoms with Crippen LogP contribution in [0.5, 0.6) is 0 Å². The van der Waals surface area contributed by atoms with E-state index in [-0.39, 0.29) is 22.9 Å². The molecular weight excluding hydrogens is 357 g/mol. The van der Waals surface area contributed by atoms with Gasteiger partial charge in [-0.1, -0.05) is 17.7 Å². The Morgan fingerprint density at radius 2 is 2.10 bits per heavy atom. The molecule has 1 heterocycles. The third-order valence-corrected chi connectivity index (χ3v) is 5.47. The lowest BCUT2D eigenvalue weighted by Crippen LogP contribution is -2.46. The summed E-state index contributed by atoms with van der Waals surface area (Å²) in [7, 11) is 6.09. The van der Waals surface area contributed by atoms with Crippen molar-refractivity contribution < 1.29 is 4.39 Å². The molecule has 1 N–H and O–H groups in total. The number of rotatable bonds is 3. The molecule has 0 spiro atoms. The van der Waals surface area contributed by atoms with Crippen molar-refractivity contribution in [3.63, 3.8) is 0 Å². The molecule has 1 aromatic carbocycles. The van der Waals surface area contributed by atoms with Gasteiger partial charge in [-0.15, -0.1) is 0 Å². The third-order valence-electron chi connectivity index (χ3n) is 4.21. The highest BCUT2D eigenvalue weighted by Crippen LogP contribution is 2.32. The van der Waals surface area contributed by atoms with Crippen LogP contribution in [0.4, 0.5) is 4.39 Å². The Morgan fingerprint density at radius 3 is 2.76 bits per heavy atom. The standard InChI is InChI=1S/C15H22BrClFN3/c1-19-15(10-5-6-11(16)13(17)14(10)18)12-9-20(2)7-4-8-21(12)3/h5-6,12,15,19H,4,7-9H2,1-3H3. The van der Waals surface area contributed by atoms with Gasteiger partial charge >= 0.3 is 0 Å². The highest BCUT2D eigenvalue weighted by molar-refractivity contribution is 9.10. The first-order valence-electron chi connectivity index (χ1n) is 7.15. The summed E-state index contributed by atoms with van der Waals surface area (Å²) in [5.74, 6) is -0.342. The average molecular weight is 379 g/mol. The summed E-state index contributed by atoms with van der Waals surface area (Å²) >= 11 is 9.32. The second-order valence-corrected chi connectivity index (χ2v) is 6.93. The molecule has 1 aromatic rings. The fourth-order valence-corrected chi connectivity index (χ4v) is 3.48. The number of hydrogen-bond acceptors (Lipinski definition) is 3. The summed E-state index contributed by atoms with van der Waals surface area (Å²) in [4.78, 5) is 4.61. The van der Waals surface area contributed by atoms with E-state index in [4.69, 9.17) is 11.6 Å². The summed E-state index contributed by atoms with van der Waals surface area (Å²) in [5.41, 5.74) is 0.623. The first-order valence-corrected chi connectivity index (χ1v) is 8.32. The molecule has 2 atom stereocenters. The summed E-state index contributed by atoms with van der Waals surface area (Å²) in [6, 6.07) is 3.73. The molecule has 0 radical (unpaired) electrons. The zero-order chi connectivity index (χ0) is 15.6. The van der Waals surface area contributed by atoms with E-state index in [1.54, 1.807) is 0 Å². The Balaban J connectivity index is 2.36. The second kappa shape index (κ2) is 7.38. The minimum atomic E-state index is -0.342. The van der Waals surface area contributed by atoms with Crippen LogP contribution in [0.1, 0.15) is 18.0 Å². The number of benzene rings is 1. The van der Waals surface area contributed by atoms with Gasteiger partial charge in [-0.3, -0.25) is 0 Å². The predicted octanol–water partition coefficient (Wildman–Crippen LogP) is 3.14. The van der Waals surface area contributed by atoms with E-state index >= 15 is 0 Å². The van der Waals surface area contributed by atoms with Crippen LogP contribution < -0.4 is 5.32 Å². The minimum absolute atomic E-state index is 0.0962. The van der Waals surface area contributed by atoms with Crippen molar-refractivity contribution in [2.45, 2.75) is 18.5 Å². The number of nitrogens with one attached hydrogen (secondary N) is 1. The molecule has 1 aliphatic rings. The number of halogens is 3. The monoisotopic (exact) mass is 377 g/mol. The van der Waals surface area contributed by atoms with Gasteiger partial charge in [0.25, 0.3) is 0 Å². The molecule has 1 aliphatic heterocycles. The normalized spacial score (nSPS) is 23.0. The van der Waals surface area contributed by atoms with Crippen molar-refractivity contribution in [2.24, 2.45) is 0 Å². The lowest BCUT2D eigenvalue weighted by atomic mass is 9.97. The lowest BCUT2D eigenvalue weighted by Gasteiger charge is -2.35. The Hall–Kier alpha value is -0.200. The van der Waals surface area contributed by atoms with Crippen LogP contribution in [-0.4, -0.2) is 56.6 Å². The molecule has 2 unspecified atom stereocenters. The topological polar surface area (TPSA) is 18.5 Å². The van der Waals surface area contributed by atoms with Gasteiger partial charge in [0.15, 0.2) is 0 Å². The zero-order valence-electron chi connectivity index (χ0n) is 12.7. The fourth-order valence-electron chi connectivity index (χ4n) is 3.00. The van der Waals surface area contributed by atoms with E-state index in [9.17, 15) is 4.39 Å². The highest BCUT2D eigenvalue weighted by atomic mass is 79.9. The molecule has 0 aliphatic carbocycles. The lowest BCUT2D eigenvalue weighted by molar-refractivity contribution is 0.180. The first kappa shape index (κ1) is 17.2. The van der Waals surface area contributed by atoms with E-state index in [1.807, 2.05) is 19.2 Å². The summed E-state index contributed by atoms with van der Waals surface area (Å²) in [5, 5.41) is 3.42. The van der Waals surface area contributed by atoms with Gasteiger partial charge in [-0.2, -0.15) is 0 Å².